The molecule has 1 fully saturated rings. The molecule has 0 radical (unpaired) electrons. The Morgan fingerprint density at radius 3 is 2.40 bits per heavy atom. The molecule has 1 aliphatic rings. The molecule has 0 unspecified atom stereocenters. The quantitative estimate of drug-likeness (QED) is 0.458. The highest BCUT2D eigenvalue weighted by Crippen LogP contribution is 2.41. The first kappa shape index (κ1) is 7.28. The van der Waals surface area contributed by atoms with Crippen LogP contribution in [0.3, 0.4) is 0 Å². The van der Waals surface area contributed by atoms with Gasteiger partial charge in [0.25, 0.3) is 0 Å². The standard InChI is InChI=1S/C7H12N2O/c1-3-9(8-2)7(6-10)4-5-7/h3,10H,1-2,4-6H2. The summed E-state index contributed by atoms with van der Waals surface area (Å²) in [5.41, 5.74) is -0.149. The molecule has 1 rings (SSSR count). The van der Waals surface area contributed by atoms with Gasteiger partial charge in [0.15, 0.2) is 0 Å². The molecule has 0 atom stereocenters. The van der Waals surface area contributed by atoms with E-state index >= 15 is 0 Å². The predicted octanol–water partition coefficient (Wildman–Crippen LogP) is 0.572. The number of aliphatic hydroxyl groups is 1. The summed E-state index contributed by atoms with van der Waals surface area (Å²) in [6.07, 6.45) is 3.55. The molecule has 1 saturated carbocycles. The van der Waals surface area contributed by atoms with Gasteiger partial charge in [-0.3, -0.25) is 5.01 Å². The molecule has 3 heteroatoms. The van der Waals surface area contributed by atoms with Crippen LogP contribution >= 0.6 is 0 Å². The third kappa shape index (κ3) is 0.926. The molecule has 0 aromatic rings. The Hall–Kier alpha value is -0.830. The van der Waals surface area contributed by atoms with Crippen LogP contribution in [-0.4, -0.2) is 29.0 Å². The van der Waals surface area contributed by atoms with Crippen LogP contribution in [0.15, 0.2) is 17.9 Å². The first-order valence-electron chi connectivity index (χ1n) is 3.28. The zero-order valence-corrected chi connectivity index (χ0v) is 5.95. The molecule has 0 aromatic carbocycles. The molecule has 1 N–H and O–H groups in total. The lowest BCUT2D eigenvalue weighted by atomic mass is 10.3. The average molecular weight is 140 g/mol. The average Bonchev–Trinajstić information content (AvgIpc) is 2.72. The van der Waals surface area contributed by atoms with Gasteiger partial charge in [-0.1, -0.05) is 6.58 Å². The predicted molar refractivity (Wildman–Crippen MR) is 40.6 cm³/mol. The number of hydrazone groups is 1. The molecule has 10 heavy (non-hydrogen) atoms. The maximum absolute atomic E-state index is 8.91. The minimum atomic E-state index is -0.149. The van der Waals surface area contributed by atoms with Gasteiger partial charge in [0.1, 0.15) is 0 Å². The lowest BCUT2D eigenvalue weighted by Gasteiger charge is -2.22. The van der Waals surface area contributed by atoms with Crippen LogP contribution in [-0.2, 0) is 0 Å². The topological polar surface area (TPSA) is 35.8 Å². The van der Waals surface area contributed by atoms with Crippen molar-refractivity contribution in [2.24, 2.45) is 5.10 Å². The van der Waals surface area contributed by atoms with E-state index in [-0.39, 0.29) is 12.1 Å². The van der Waals surface area contributed by atoms with E-state index in [0.29, 0.717) is 0 Å². The summed E-state index contributed by atoms with van der Waals surface area (Å²) in [5.74, 6) is 0. The largest absolute Gasteiger partial charge is 0.394 e. The zero-order valence-electron chi connectivity index (χ0n) is 5.95. The van der Waals surface area contributed by atoms with Gasteiger partial charge >= 0.3 is 0 Å². The molecule has 0 amide bonds. The van der Waals surface area contributed by atoms with E-state index in [9.17, 15) is 0 Å². The number of rotatable bonds is 4. The third-order valence-electron chi connectivity index (χ3n) is 1.93. The zero-order chi connectivity index (χ0) is 7.61. The summed E-state index contributed by atoms with van der Waals surface area (Å²) >= 11 is 0. The fourth-order valence-corrected chi connectivity index (χ4v) is 1.01. The molecule has 1 aliphatic carbocycles. The first-order valence-corrected chi connectivity index (χ1v) is 3.28. The van der Waals surface area contributed by atoms with Crippen LogP contribution < -0.4 is 0 Å². The SMILES string of the molecule is C=CN(N=C)C1(CO)CC1. The fraction of sp³-hybridized carbons (Fsp3) is 0.571. The van der Waals surface area contributed by atoms with E-state index in [1.807, 2.05) is 0 Å². The minimum absolute atomic E-state index is 0.137. The van der Waals surface area contributed by atoms with Crippen LogP contribution in [0, 0.1) is 0 Å². The third-order valence-corrected chi connectivity index (χ3v) is 1.93. The second-order valence-corrected chi connectivity index (χ2v) is 2.55. The Morgan fingerprint density at radius 1 is 1.70 bits per heavy atom. The highest BCUT2D eigenvalue weighted by Gasteiger charge is 2.46. The van der Waals surface area contributed by atoms with Crippen molar-refractivity contribution >= 4 is 6.72 Å². The van der Waals surface area contributed by atoms with Gasteiger partial charge in [0.2, 0.25) is 0 Å². The summed E-state index contributed by atoms with van der Waals surface area (Å²) in [6, 6.07) is 0. The lowest BCUT2D eigenvalue weighted by molar-refractivity contribution is 0.151. The van der Waals surface area contributed by atoms with E-state index in [0.717, 1.165) is 12.8 Å². The van der Waals surface area contributed by atoms with Crippen molar-refractivity contribution < 1.29 is 5.11 Å². The second-order valence-electron chi connectivity index (χ2n) is 2.55. The summed E-state index contributed by atoms with van der Waals surface area (Å²) < 4.78 is 0. The minimum Gasteiger partial charge on any atom is -0.394 e. The molecular formula is C7H12N2O. The lowest BCUT2D eigenvalue weighted by Crippen LogP contribution is -2.31. The van der Waals surface area contributed by atoms with Crippen molar-refractivity contribution in [1.82, 2.24) is 5.01 Å². The molecule has 56 valence electrons. The van der Waals surface area contributed by atoms with E-state index in [1.54, 1.807) is 11.2 Å². The van der Waals surface area contributed by atoms with Crippen molar-refractivity contribution in [1.29, 1.82) is 0 Å². The smallest absolute Gasteiger partial charge is 0.0858 e. The van der Waals surface area contributed by atoms with Crippen LogP contribution in [0.1, 0.15) is 12.8 Å². The normalized spacial score (nSPS) is 19.7. The van der Waals surface area contributed by atoms with E-state index < -0.39 is 0 Å². The molecule has 0 heterocycles. The van der Waals surface area contributed by atoms with Crippen LogP contribution in [0.25, 0.3) is 0 Å². The Morgan fingerprint density at radius 2 is 2.30 bits per heavy atom. The Balaban J connectivity index is 2.60. The van der Waals surface area contributed by atoms with Crippen molar-refractivity contribution in [3.63, 3.8) is 0 Å². The van der Waals surface area contributed by atoms with Crippen molar-refractivity contribution in [2.45, 2.75) is 18.4 Å². The molecule has 0 spiro atoms. The molecule has 3 nitrogen and oxygen atoms in total. The highest BCUT2D eigenvalue weighted by atomic mass is 16.3. The van der Waals surface area contributed by atoms with Crippen LogP contribution in [0.2, 0.25) is 0 Å². The number of hydrogen-bond acceptors (Lipinski definition) is 3. The Labute approximate surface area is 60.7 Å². The fourth-order valence-electron chi connectivity index (χ4n) is 1.01. The van der Waals surface area contributed by atoms with Gasteiger partial charge in [-0.05, 0) is 12.8 Å². The van der Waals surface area contributed by atoms with Crippen molar-refractivity contribution in [2.75, 3.05) is 6.61 Å². The molecule has 0 saturated heterocycles. The second kappa shape index (κ2) is 2.42. The van der Waals surface area contributed by atoms with Gasteiger partial charge in [-0.2, -0.15) is 5.10 Å². The van der Waals surface area contributed by atoms with Gasteiger partial charge < -0.3 is 5.11 Å². The summed E-state index contributed by atoms with van der Waals surface area (Å²) in [5, 5.41) is 14.3. The number of hydrogen-bond donors (Lipinski definition) is 1. The van der Waals surface area contributed by atoms with E-state index in [2.05, 4.69) is 18.4 Å². The molecule has 0 aliphatic heterocycles. The number of nitrogens with zero attached hydrogens (tertiary/aromatic N) is 2. The van der Waals surface area contributed by atoms with Gasteiger partial charge in [0.05, 0.1) is 12.1 Å². The van der Waals surface area contributed by atoms with Crippen LogP contribution in [0.5, 0.6) is 0 Å². The van der Waals surface area contributed by atoms with Crippen molar-refractivity contribution in [3.8, 4) is 0 Å². The summed E-state index contributed by atoms with van der Waals surface area (Å²) in [4.78, 5) is 0. The van der Waals surface area contributed by atoms with Gasteiger partial charge in [0, 0.05) is 12.9 Å². The molecule has 0 aromatic heterocycles. The van der Waals surface area contributed by atoms with E-state index in [1.165, 1.54) is 0 Å². The van der Waals surface area contributed by atoms with Gasteiger partial charge in [-0.15, -0.1) is 0 Å². The Bertz CT molecular complexity index is 144. The van der Waals surface area contributed by atoms with Crippen molar-refractivity contribution in [3.05, 3.63) is 12.8 Å². The maximum Gasteiger partial charge on any atom is 0.0858 e. The van der Waals surface area contributed by atoms with E-state index in [4.69, 9.17) is 5.11 Å². The Kier molecular flexibility index (Phi) is 1.76. The number of aliphatic hydroxyl groups excluding tert-OH is 1. The highest BCUT2D eigenvalue weighted by molar-refractivity contribution is 5.24. The van der Waals surface area contributed by atoms with Crippen LogP contribution in [0.4, 0.5) is 0 Å². The molecular weight excluding hydrogens is 128 g/mol. The maximum atomic E-state index is 8.91. The monoisotopic (exact) mass is 140 g/mol. The first-order chi connectivity index (χ1) is 4.79. The molecule has 0 bridgehead atoms. The van der Waals surface area contributed by atoms with Gasteiger partial charge in [-0.25, -0.2) is 0 Å². The summed E-state index contributed by atoms with van der Waals surface area (Å²) in [6.45, 7) is 7.08. The summed E-state index contributed by atoms with van der Waals surface area (Å²) in [7, 11) is 0.